The molecule has 0 amide bonds. The minimum absolute atomic E-state index is 0.108. The van der Waals surface area contributed by atoms with Gasteiger partial charge in [-0.2, -0.15) is 0 Å². The number of ether oxygens (including phenoxy) is 3. The normalized spacial score (nSPS) is 42.8. The van der Waals surface area contributed by atoms with Gasteiger partial charge in [0.2, 0.25) is 0 Å². The van der Waals surface area contributed by atoms with E-state index in [4.69, 9.17) is 14.2 Å². The molecule has 2 saturated heterocycles. The molecule has 2 rings (SSSR count). The van der Waals surface area contributed by atoms with Gasteiger partial charge in [-0.05, 0) is 20.8 Å². The molecule has 0 unspecified atom stereocenters. The summed E-state index contributed by atoms with van der Waals surface area (Å²) < 4.78 is 16.9. The van der Waals surface area contributed by atoms with E-state index in [9.17, 15) is 0 Å². The Hall–Kier alpha value is -0.380. The second kappa shape index (κ2) is 3.08. The number of hydrogen-bond donors (Lipinski definition) is 0. The maximum absolute atomic E-state index is 5.67. The third-order valence-electron chi connectivity index (χ3n) is 2.32. The van der Waals surface area contributed by atoms with Crippen molar-refractivity contribution >= 4 is 0 Å². The summed E-state index contributed by atoms with van der Waals surface area (Å²) in [6.45, 7) is 5.82. The fraction of sp³-hybridized carbons (Fsp3) is 0.800. The quantitative estimate of drug-likeness (QED) is 0.582. The second-order valence-electron chi connectivity index (χ2n) is 3.98. The predicted molar refractivity (Wildman–Crippen MR) is 48.1 cm³/mol. The van der Waals surface area contributed by atoms with Gasteiger partial charge in [0.25, 0.3) is 0 Å². The monoisotopic (exact) mass is 184 g/mol. The largest absolute Gasteiger partial charge is 0.342 e. The minimum Gasteiger partial charge on any atom is -0.342 e. The van der Waals surface area contributed by atoms with Crippen LogP contribution >= 0.6 is 0 Å². The van der Waals surface area contributed by atoms with Crippen molar-refractivity contribution in [2.24, 2.45) is 0 Å². The van der Waals surface area contributed by atoms with Crippen LogP contribution in [0.3, 0.4) is 0 Å². The topological polar surface area (TPSA) is 27.7 Å². The van der Waals surface area contributed by atoms with Crippen molar-refractivity contribution in [1.29, 1.82) is 0 Å². The number of fused-ring (bicyclic) bond motifs is 1. The van der Waals surface area contributed by atoms with Crippen LogP contribution in [0.25, 0.3) is 0 Å². The van der Waals surface area contributed by atoms with E-state index >= 15 is 0 Å². The third-order valence-corrected chi connectivity index (χ3v) is 2.32. The number of rotatable bonds is 1. The van der Waals surface area contributed by atoms with Gasteiger partial charge in [-0.3, -0.25) is 0 Å². The van der Waals surface area contributed by atoms with Crippen molar-refractivity contribution in [3.63, 3.8) is 0 Å². The fourth-order valence-electron chi connectivity index (χ4n) is 1.87. The predicted octanol–water partition coefficient (Wildman–Crippen LogP) is 1.83. The summed E-state index contributed by atoms with van der Waals surface area (Å²) in [5.41, 5.74) is 0. The lowest BCUT2D eigenvalue weighted by molar-refractivity contribution is -0.200. The summed E-state index contributed by atoms with van der Waals surface area (Å²) in [6.07, 6.45) is 5.04. The van der Waals surface area contributed by atoms with Gasteiger partial charge in [0.1, 0.15) is 6.10 Å². The van der Waals surface area contributed by atoms with E-state index in [2.05, 4.69) is 0 Å². The van der Waals surface area contributed by atoms with E-state index in [1.54, 1.807) is 0 Å². The van der Waals surface area contributed by atoms with Crippen LogP contribution in [0.1, 0.15) is 27.2 Å². The molecular weight excluding hydrogens is 168 g/mol. The first kappa shape index (κ1) is 9.19. The van der Waals surface area contributed by atoms with Gasteiger partial charge in [0.15, 0.2) is 12.1 Å². The van der Waals surface area contributed by atoms with Gasteiger partial charge >= 0.3 is 0 Å². The lowest BCUT2D eigenvalue weighted by atomic mass is 10.2. The molecule has 0 aliphatic carbocycles. The molecule has 2 aliphatic heterocycles. The molecule has 3 heteroatoms. The van der Waals surface area contributed by atoms with Gasteiger partial charge in [-0.15, -0.1) is 0 Å². The Morgan fingerprint density at radius 3 is 2.69 bits per heavy atom. The van der Waals surface area contributed by atoms with Gasteiger partial charge in [-0.25, -0.2) is 0 Å². The summed E-state index contributed by atoms with van der Waals surface area (Å²) >= 11 is 0. The minimum atomic E-state index is -0.476. The molecule has 2 heterocycles. The first-order valence-electron chi connectivity index (χ1n) is 4.74. The molecule has 0 radical (unpaired) electrons. The maximum Gasteiger partial charge on any atom is 0.187 e. The van der Waals surface area contributed by atoms with Crippen LogP contribution in [0.5, 0.6) is 0 Å². The second-order valence-corrected chi connectivity index (χ2v) is 3.98. The first-order valence-corrected chi connectivity index (χ1v) is 4.74. The smallest absolute Gasteiger partial charge is 0.187 e. The molecule has 2 aliphatic rings. The molecule has 0 bridgehead atoms. The Bertz CT molecular complexity index is 206. The highest BCUT2D eigenvalue weighted by atomic mass is 16.8. The molecule has 0 saturated carbocycles. The zero-order chi connectivity index (χ0) is 9.47. The Kier molecular flexibility index (Phi) is 2.18. The standard InChI is InChI=1S/C10H16O3/c1-4-5-7-6-8-9(11-7)13-10(2,3)12-8/h4-5,7-9H,6H2,1-3H3/b5-4-/t7-,8-,9-/m1/s1. The van der Waals surface area contributed by atoms with E-state index in [1.165, 1.54) is 0 Å². The zero-order valence-corrected chi connectivity index (χ0v) is 8.32. The lowest BCUT2D eigenvalue weighted by Crippen LogP contribution is -2.24. The summed E-state index contributed by atoms with van der Waals surface area (Å²) in [7, 11) is 0. The molecule has 13 heavy (non-hydrogen) atoms. The Balaban J connectivity index is 1.97. The van der Waals surface area contributed by atoms with Crippen LogP contribution in [-0.2, 0) is 14.2 Å². The van der Waals surface area contributed by atoms with Gasteiger partial charge in [0.05, 0.1) is 6.10 Å². The first-order chi connectivity index (χ1) is 6.11. The zero-order valence-electron chi connectivity index (χ0n) is 8.32. The lowest BCUT2D eigenvalue weighted by Gasteiger charge is -2.19. The van der Waals surface area contributed by atoms with Crippen molar-refractivity contribution in [3.8, 4) is 0 Å². The summed E-state index contributed by atoms with van der Waals surface area (Å²) in [5, 5.41) is 0. The Morgan fingerprint density at radius 2 is 2.08 bits per heavy atom. The van der Waals surface area contributed by atoms with E-state index in [0.29, 0.717) is 0 Å². The molecule has 2 fully saturated rings. The Morgan fingerprint density at radius 1 is 1.31 bits per heavy atom. The van der Waals surface area contributed by atoms with Crippen LogP contribution in [0.2, 0.25) is 0 Å². The van der Waals surface area contributed by atoms with E-state index in [-0.39, 0.29) is 18.5 Å². The molecule has 0 N–H and O–H groups in total. The van der Waals surface area contributed by atoms with Crippen molar-refractivity contribution in [2.75, 3.05) is 0 Å². The van der Waals surface area contributed by atoms with Crippen molar-refractivity contribution in [3.05, 3.63) is 12.2 Å². The highest BCUT2D eigenvalue weighted by molar-refractivity contribution is 4.95. The third kappa shape index (κ3) is 1.77. The number of hydrogen-bond acceptors (Lipinski definition) is 3. The highest BCUT2D eigenvalue weighted by Crippen LogP contribution is 2.37. The van der Waals surface area contributed by atoms with Crippen LogP contribution < -0.4 is 0 Å². The maximum atomic E-state index is 5.67. The van der Waals surface area contributed by atoms with E-state index in [1.807, 2.05) is 32.9 Å². The van der Waals surface area contributed by atoms with Gasteiger partial charge in [0, 0.05) is 6.42 Å². The molecule has 3 atom stereocenters. The van der Waals surface area contributed by atoms with Gasteiger partial charge in [-0.1, -0.05) is 12.2 Å². The molecule has 74 valence electrons. The van der Waals surface area contributed by atoms with Crippen LogP contribution in [0.4, 0.5) is 0 Å². The van der Waals surface area contributed by atoms with Crippen molar-refractivity contribution < 1.29 is 14.2 Å². The van der Waals surface area contributed by atoms with Crippen molar-refractivity contribution in [2.45, 2.75) is 51.5 Å². The Labute approximate surface area is 78.7 Å². The van der Waals surface area contributed by atoms with E-state index < -0.39 is 5.79 Å². The average molecular weight is 184 g/mol. The number of allylic oxidation sites excluding steroid dienone is 1. The summed E-state index contributed by atoms with van der Waals surface area (Å²) in [4.78, 5) is 0. The van der Waals surface area contributed by atoms with Crippen LogP contribution in [0.15, 0.2) is 12.2 Å². The SMILES string of the molecule is C/C=C\[C@@H]1C[C@H]2OC(C)(C)O[C@H]2O1. The average Bonchev–Trinajstić information content (AvgIpc) is 2.41. The summed E-state index contributed by atoms with van der Waals surface area (Å²) in [6, 6.07) is 0. The summed E-state index contributed by atoms with van der Waals surface area (Å²) in [5.74, 6) is -0.476. The molecule has 0 aromatic rings. The van der Waals surface area contributed by atoms with Crippen molar-refractivity contribution in [1.82, 2.24) is 0 Å². The highest BCUT2D eigenvalue weighted by Gasteiger charge is 2.47. The van der Waals surface area contributed by atoms with Crippen LogP contribution in [-0.4, -0.2) is 24.3 Å². The molecule has 0 aromatic heterocycles. The van der Waals surface area contributed by atoms with Gasteiger partial charge < -0.3 is 14.2 Å². The molecule has 0 aromatic carbocycles. The molecule has 3 nitrogen and oxygen atoms in total. The van der Waals surface area contributed by atoms with Crippen LogP contribution in [0, 0.1) is 0 Å². The van der Waals surface area contributed by atoms with E-state index in [0.717, 1.165) is 6.42 Å². The fourth-order valence-corrected chi connectivity index (χ4v) is 1.87. The molecular formula is C10H16O3. The molecule has 0 spiro atoms.